The molecule has 2 aromatic rings. The van der Waals surface area contributed by atoms with Crippen LogP contribution >= 0.6 is 23.2 Å². The van der Waals surface area contributed by atoms with Crippen molar-refractivity contribution in [2.24, 2.45) is 4.99 Å². The number of carboxylic acid groups (broad SMARTS) is 1. The molecule has 1 unspecified atom stereocenters. The number of hydrogen-bond acceptors (Lipinski definition) is 8. The zero-order valence-corrected chi connectivity index (χ0v) is 19.7. The highest BCUT2D eigenvalue weighted by atomic mass is 35.5. The van der Waals surface area contributed by atoms with E-state index < -0.39 is 48.6 Å². The molecule has 0 bridgehead atoms. The van der Waals surface area contributed by atoms with Gasteiger partial charge in [-0.1, -0.05) is 29.3 Å². The van der Waals surface area contributed by atoms with Crippen LogP contribution in [-0.2, 0) is 9.59 Å². The molecule has 0 saturated carbocycles. The van der Waals surface area contributed by atoms with Crippen LogP contribution in [0.1, 0.15) is 28.4 Å². The number of rotatable bonds is 8. The number of phenols is 1. The predicted molar refractivity (Wildman–Crippen MR) is 130 cm³/mol. The fraction of sp³-hybridized carbons (Fsp3) is 0.273. The van der Waals surface area contributed by atoms with Crippen LogP contribution in [-0.4, -0.2) is 64.8 Å². The number of aliphatic imine (C=N–C) groups is 1. The van der Waals surface area contributed by atoms with Crippen LogP contribution in [0.15, 0.2) is 41.4 Å². The number of carbonyl (C=O) groups is 3. The number of aliphatic hydroxyl groups is 1. The van der Waals surface area contributed by atoms with Crippen molar-refractivity contribution in [3.8, 4) is 5.75 Å². The summed E-state index contributed by atoms with van der Waals surface area (Å²) < 4.78 is 0. The van der Waals surface area contributed by atoms with Gasteiger partial charge in [-0.15, -0.1) is 0 Å². The molecule has 1 aliphatic rings. The van der Waals surface area contributed by atoms with Gasteiger partial charge >= 0.3 is 5.97 Å². The van der Waals surface area contributed by atoms with Crippen LogP contribution in [0, 0.1) is 0 Å². The fourth-order valence-corrected chi connectivity index (χ4v) is 3.77. The van der Waals surface area contributed by atoms with Gasteiger partial charge in [0.2, 0.25) is 5.91 Å². The molecule has 11 nitrogen and oxygen atoms in total. The molecule has 0 radical (unpaired) electrons. The maximum atomic E-state index is 12.5. The van der Waals surface area contributed by atoms with E-state index in [1.807, 2.05) is 0 Å². The van der Waals surface area contributed by atoms with Crippen molar-refractivity contribution in [2.45, 2.75) is 18.6 Å². The van der Waals surface area contributed by atoms with Crippen LogP contribution in [0.5, 0.6) is 5.75 Å². The van der Waals surface area contributed by atoms with Gasteiger partial charge in [0.05, 0.1) is 36.7 Å². The number of guanidine groups is 1. The quantitative estimate of drug-likeness (QED) is 0.272. The second-order valence-corrected chi connectivity index (χ2v) is 8.50. The predicted octanol–water partition coefficient (Wildman–Crippen LogP) is 1.49. The lowest BCUT2D eigenvalue weighted by Crippen LogP contribution is -2.42. The number of aliphatic hydroxyl groups excluding tert-OH is 1. The maximum Gasteiger partial charge on any atom is 0.305 e. The standard InChI is InChI=1S/C22H23Cl2N5O6/c23-12-5-15(20(34)16(24)6-12)17(7-19(32)33)29-18(31)10-25-21(35)11-2-1-3-13(4-11)28-22-26-8-14(30)9-27-22/h1-6,14,17,30,34H,7-10H2,(H,25,35)(H,29,31)(H,32,33)(H2,26,27,28). The van der Waals surface area contributed by atoms with Crippen molar-refractivity contribution >= 4 is 52.6 Å². The number of phenolic OH excluding ortho intramolecular Hbond substituents is 1. The average molecular weight is 524 g/mol. The van der Waals surface area contributed by atoms with Gasteiger partial charge in [-0.05, 0) is 30.3 Å². The Labute approximate surface area is 210 Å². The van der Waals surface area contributed by atoms with E-state index in [0.717, 1.165) is 0 Å². The van der Waals surface area contributed by atoms with Crippen molar-refractivity contribution < 1.29 is 29.7 Å². The number of benzene rings is 2. The summed E-state index contributed by atoms with van der Waals surface area (Å²) in [5, 5.41) is 39.8. The second kappa shape index (κ2) is 11.7. The molecule has 2 amide bonds. The Morgan fingerprint density at radius 2 is 1.97 bits per heavy atom. The van der Waals surface area contributed by atoms with Crippen LogP contribution < -0.4 is 21.3 Å². The molecule has 0 aliphatic carbocycles. The van der Waals surface area contributed by atoms with Crippen molar-refractivity contribution in [2.75, 3.05) is 25.0 Å². The van der Waals surface area contributed by atoms with E-state index in [1.54, 1.807) is 24.3 Å². The Morgan fingerprint density at radius 3 is 2.66 bits per heavy atom. The first-order valence-electron chi connectivity index (χ1n) is 10.4. The third kappa shape index (κ3) is 7.47. The van der Waals surface area contributed by atoms with E-state index in [2.05, 4.69) is 26.3 Å². The van der Waals surface area contributed by atoms with Crippen LogP contribution in [0.2, 0.25) is 10.0 Å². The van der Waals surface area contributed by atoms with Crippen LogP contribution in [0.25, 0.3) is 0 Å². The first-order valence-corrected chi connectivity index (χ1v) is 11.2. The molecule has 35 heavy (non-hydrogen) atoms. The number of hydrogen-bond donors (Lipinski definition) is 7. The van der Waals surface area contributed by atoms with E-state index in [4.69, 9.17) is 23.2 Å². The van der Waals surface area contributed by atoms with Crippen molar-refractivity contribution in [3.05, 3.63) is 57.6 Å². The zero-order valence-electron chi connectivity index (χ0n) is 18.2. The first-order chi connectivity index (χ1) is 16.6. The Kier molecular flexibility index (Phi) is 8.74. The number of nitrogens with one attached hydrogen (secondary N) is 4. The number of nitrogens with zero attached hydrogens (tertiary/aromatic N) is 1. The van der Waals surface area contributed by atoms with E-state index in [-0.39, 0.29) is 27.7 Å². The SMILES string of the molecule is O=C(O)CC(NC(=O)CNC(=O)c1cccc(NC2=NC[C@H](O)CN2)c1)c1cc(Cl)cc(Cl)c1O. The van der Waals surface area contributed by atoms with Crippen molar-refractivity contribution in [1.82, 2.24) is 16.0 Å². The van der Waals surface area contributed by atoms with Crippen molar-refractivity contribution in [1.29, 1.82) is 0 Å². The van der Waals surface area contributed by atoms with Crippen LogP contribution in [0.4, 0.5) is 5.69 Å². The number of aromatic hydroxyl groups is 1. The molecule has 13 heteroatoms. The Morgan fingerprint density at radius 1 is 1.20 bits per heavy atom. The van der Waals surface area contributed by atoms with Gasteiger partial charge in [0, 0.05) is 28.4 Å². The summed E-state index contributed by atoms with van der Waals surface area (Å²) in [6, 6.07) is 7.93. The highest BCUT2D eigenvalue weighted by molar-refractivity contribution is 6.35. The molecule has 2 aromatic carbocycles. The summed E-state index contributed by atoms with van der Waals surface area (Å²) in [6.07, 6.45) is -1.11. The third-order valence-corrected chi connectivity index (χ3v) is 5.42. The van der Waals surface area contributed by atoms with E-state index in [9.17, 15) is 29.7 Å². The summed E-state index contributed by atoms with van der Waals surface area (Å²) in [7, 11) is 0. The van der Waals surface area contributed by atoms with Gasteiger partial charge in [0.15, 0.2) is 5.96 Å². The highest BCUT2D eigenvalue weighted by Crippen LogP contribution is 2.36. The molecule has 186 valence electrons. The zero-order chi connectivity index (χ0) is 25.5. The summed E-state index contributed by atoms with van der Waals surface area (Å²) in [6.45, 7) is 0.156. The highest BCUT2D eigenvalue weighted by Gasteiger charge is 2.23. The third-order valence-electron chi connectivity index (χ3n) is 4.91. The molecule has 0 spiro atoms. The lowest BCUT2D eigenvalue weighted by atomic mass is 10.0. The molecule has 3 rings (SSSR count). The van der Waals surface area contributed by atoms with Gasteiger partial charge in [-0.2, -0.15) is 0 Å². The fourth-order valence-electron chi connectivity index (χ4n) is 3.26. The number of anilines is 1. The summed E-state index contributed by atoms with van der Waals surface area (Å²) in [5.74, 6) is -2.40. The molecular formula is C22H23Cl2N5O6. The molecule has 0 saturated heterocycles. The molecule has 1 aliphatic heterocycles. The number of amides is 2. The minimum atomic E-state index is -1.23. The maximum absolute atomic E-state index is 12.5. The molecular weight excluding hydrogens is 501 g/mol. The lowest BCUT2D eigenvalue weighted by Gasteiger charge is -2.20. The van der Waals surface area contributed by atoms with E-state index in [0.29, 0.717) is 18.2 Å². The van der Waals surface area contributed by atoms with Gasteiger partial charge in [-0.25, -0.2) is 0 Å². The largest absolute Gasteiger partial charge is 0.506 e. The molecule has 1 heterocycles. The van der Waals surface area contributed by atoms with Crippen LogP contribution in [0.3, 0.4) is 0 Å². The number of halogens is 2. The van der Waals surface area contributed by atoms with Crippen molar-refractivity contribution in [3.63, 3.8) is 0 Å². The number of aliphatic carboxylic acids is 1. The van der Waals surface area contributed by atoms with Gasteiger partial charge in [0.1, 0.15) is 5.75 Å². The van der Waals surface area contributed by atoms with Gasteiger partial charge in [-0.3, -0.25) is 19.4 Å². The second-order valence-electron chi connectivity index (χ2n) is 7.66. The van der Waals surface area contributed by atoms with E-state index >= 15 is 0 Å². The topological polar surface area (TPSA) is 172 Å². The molecule has 2 atom stereocenters. The molecule has 0 fully saturated rings. The monoisotopic (exact) mass is 523 g/mol. The molecule has 7 N–H and O–H groups in total. The van der Waals surface area contributed by atoms with Gasteiger partial charge in [0.25, 0.3) is 5.91 Å². The summed E-state index contributed by atoms with van der Waals surface area (Å²) >= 11 is 11.9. The summed E-state index contributed by atoms with van der Waals surface area (Å²) in [5.41, 5.74) is 0.871. The Hall–Kier alpha value is -3.54. The number of β-amino-alcohol motifs (C(OH)–C–C–N with tert-alkyl or cyclic N) is 1. The average Bonchev–Trinajstić information content (AvgIpc) is 2.81. The molecule has 0 aromatic heterocycles. The van der Waals surface area contributed by atoms with E-state index in [1.165, 1.54) is 12.1 Å². The normalized spacial score (nSPS) is 15.9. The summed E-state index contributed by atoms with van der Waals surface area (Å²) in [4.78, 5) is 40.4. The minimum absolute atomic E-state index is 0.0371. The first kappa shape index (κ1) is 26.1. The smallest absolute Gasteiger partial charge is 0.305 e. The number of carboxylic acids is 1. The Bertz CT molecular complexity index is 1160. The number of carbonyl (C=O) groups excluding carboxylic acids is 2. The minimum Gasteiger partial charge on any atom is -0.506 e. The van der Waals surface area contributed by atoms with Gasteiger partial charge < -0.3 is 36.6 Å². The Balaban J connectivity index is 1.62. The lowest BCUT2D eigenvalue weighted by molar-refractivity contribution is -0.137.